The highest BCUT2D eigenvalue weighted by atomic mass is 16.5. The molecule has 2 aliphatic rings. The quantitative estimate of drug-likeness (QED) is 0.789. The van der Waals surface area contributed by atoms with Gasteiger partial charge in [0.1, 0.15) is 5.75 Å². The Morgan fingerprint density at radius 3 is 2.16 bits per heavy atom. The minimum Gasteiger partial charge on any atom is -0.496 e. The first kappa shape index (κ1) is 18.7. The molecule has 1 aromatic carbocycles. The Bertz CT molecular complexity index is 518. The predicted octanol–water partition coefficient (Wildman–Crippen LogP) is 2.79. The van der Waals surface area contributed by atoms with Gasteiger partial charge in [0.15, 0.2) is 0 Å². The lowest BCUT2D eigenvalue weighted by molar-refractivity contribution is 0.0916. The SMILES string of the molecule is COc1ccccc1CN1CCN(CCN2CC(C)CC(C)C2)CC1. The molecule has 2 fully saturated rings. The van der Waals surface area contributed by atoms with Crippen LogP contribution in [0.2, 0.25) is 0 Å². The largest absolute Gasteiger partial charge is 0.496 e. The van der Waals surface area contributed by atoms with Crippen molar-refractivity contribution in [3.63, 3.8) is 0 Å². The third-order valence-electron chi connectivity index (χ3n) is 5.73. The van der Waals surface area contributed by atoms with Gasteiger partial charge in [-0.05, 0) is 24.3 Å². The number of piperazine rings is 1. The van der Waals surface area contributed by atoms with Gasteiger partial charge in [0.05, 0.1) is 7.11 Å². The van der Waals surface area contributed by atoms with Crippen LogP contribution >= 0.6 is 0 Å². The Labute approximate surface area is 153 Å². The molecular formula is C21H35N3O. The minimum absolute atomic E-state index is 0.862. The number of nitrogens with zero attached hydrogens (tertiary/aromatic N) is 3. The molecule has 0 N–H and O–H groups in total. The van der Waals surface area contributed by atoms with Crippen LogP contribution in [0.3, 0.4) is 0 Å². The number of para-hydroxylation sites is 1. The van der Waals surface area contributed by atoms with Gasteiger partial charge in [-0.1, -0.05) is 32.0 Å². The Balaban J connectivity index is 1.40. The van der Waals surface area contributed by atoms with Gasteiger partial charge in [-0.3, -0.25) is 9.80 Å². The fraction of sp³-hybridized carbons (Fsp3) is 0.714. The van der Waals surface area contributed by atoms with E-state index in [1.54, 1.807) is 7.11 Å². The predicted molar refractivity (Wildman–Crippen MR) is 104 cm³/mol. The third kappa shape index (κ3) is 5.44. The molecule has 2 unspecified atom stereocenters. The lowest BCUT2D eigenvalue weighted by atomic mass is 9.92. The Kier molecular flexibility index (Phi) is 6.74. The lowest BCUT2D eigenvalue weighted by Gasteiger charge is -2.38. The number of likely N-dealkylation sites (tertiary alicyclic amines) is 1. The number of hydrogen-bond acceptors (Lipinski definition) is 4. The molecule has 0 aliphatic carbocycles. The van der Waals surface area contributed by atoms with E-state index in [-0.39, 0.29) is 0 Å². The first-order chi connectivity index (χ1) is 12.1. The highest BCUT2D eigenvalue weighted by Gasteiger charge is 2.23. The van der Waals surface area contributed by atoms with Crippen LogP contribution in [0.4, 0.5) is 0 Å². The molecule has 0 aromatic heterocycles. The molecule has 4 nitrogen and oxygen atoms in total. The fourth-order valence-electron chi connectivity index (χ4n) is 4.50. The number of methoxy groups -OCH3 is 1. The van der Waals surface area contributed by atoms with Crippen LogP contribution in [0.5, 0.6) is 5.75 Å². The second-order valence-corrected chi connectivity index (χ2v) is 8.14. The van der Waals surface area contributed by atoms with E-state index in [0.29, 0.717) is 0 Å². The Morgan fingerprint density at radius 2 is 1.48 bits per heavy atom. The van der Waals surface area contributed by atoms with Gasteiger partial charge in [-0.2, -0.15) is 0 Å². The summed E-state index contributed by atoms with van der Waals surface area (Å²) in [5.41, 5.74) is 1.30. The van der Waals surface area contributed by atoms with E-state index >= 15 is 0 Å². The summed E-state index contributed by atoms with van der Waals surface area (Å²) in [5, 5.41) is 0. The first-order valence-corrected chi connectivity index (χ1v) is 9.93. The van der Waals surface area contributed by atoms with Gasteiger partial charge < -0.3 is 9.64 Å². The average Bonchev–Trinajstić information content (AvgIpc) is 2.61. The average molecular weight is 346 g/mol. The van der Waals surface area contributed by atoms with Crippen LogP contribution in [0.15, 0.2) is 24.3 Å². The summed E-state index contributed by atoms with van der Waals surface area (Å²) in [4.78, 5) is 7.88. The van der Waals surface area contributed by atoms with E-state index < -0.39 is 0 Å². The molecular weight excluding hydrogens is 310 g/mol. The smallest absolute Gasteiger partial charge is 0.123 e. The maximum Gasteiger partial charge on any atom is 0.123 e. The molecule has 140 valence electrons. The summed E-state index contributed by atoms with van der Waals surface area (Å²) in [5.74, 6) is 2.74. The van der Waals surface area contributed by atoms with Crippen LogP contribution < -0.4 is 4.74 Å². The van der Waals surface area contributed by atoms with Crippen molar-refractivity contribution in [2.45, 2.75) is 26.8 Å². The molecule has 0 bridgehead atoms. The monoisotopic (exact) mass is 345 g/mol. The van der Waals surface area contributed by atoms with Gasteiger partial charge in [0, 0.05) is 64.5 Å². The lowest BCUT2D eigenvalue weighted by Crippen LogP contribution is -2.49. The van der Waals surface area contributed by atoms with Crippen LogP contribution in [-0.4, -0.2) is 74.2 Å². The standard InChI is InChI=1S/C21H35N3O/c1-18-14-19(2)16-24(15-18)13-10-22-8-11-23(12-9-22)17-20-6-4-5-7-21(20)25-3/h4-7,18-19H,8-17H2,1-3H3. The number of rotatable bonds is 6. The molecule has 0 amide bonds. The molecule has 0 radical (unpaired) electrons. The van der Waals surface area contributed by atoms with E-state index in [2.05, 4.69) is 46.7 Å². The van der Waals surface area contributed by atoms with Crippen molar-refractivity contribution >= 4 is 0 Å². The van der Waals surface area contributed by atoms with Crippen molar-refractivity contribution in [2.75, 3.05) is 59.5 Å². The van der Waals surface area contributed by atoms with Crippen LogP contribution in [0, 0.1) is 11.8 Å². The first-order valence-electron chi connectivity index (χ1n) is 9.93. The van der Waals surface area contributed by atoms with Crippen molar-refractivity contribution in [2.24, 2.45) is 11.8 Å². The molecule has 2 aliphatic heterocycles. The summed E-state index contributed by atoms with van der Waals surface area (Å²) >= 11 is 0. The summed E-state index contributed by atoms with van der Waals surface area (Å²) in [6.07, 6.45) is 1.40. The maximum absolute atomic E-state index is 5.49. The highest BCUT2D eigenvalue weighted by molar-refractivity contribution is 5.33. The van der Waals surface area contributed by atoms with Crippen molar-refractivity contribution in [1.29, 1.82) is 0 Å². The van der Waals surface area contributed by atoms with Gasteiger partial charge in [0.25, 0.3) is 0 Å². The third-order valence-corrected chi connectivity index (χ3v) is 5.73. The molecule has 25 heavy (non-hydrogen) atoms. The molecule has 2 saturated heterocycles. The van der Waals surface area contributed by atoms with Gasteiger partial charge in [0.2, 0.25) is 0 Å². The second-order valence-electron chi connectivity index (χ2n) is 8.14. The number of piperidine rings is 1. The van der Waals surface area contributed by atoms with Crippen LogP contribution in [0.25, 0.3) is 0 Å². The van der Waals surface area contributed by atoms with Gasteiger partial charge in [-0.15, -0.1) is 0 Å². The summed E-state index contributed by atoms with van der Waals surface area (Å²) < 4.78 is 5.49. The molecule has 2 heterocycles. The zero-order valence-corrected chi connectivity index (χ0v) is 16.3. The zero-order valence-electron chi connectivity index (χ0n) is 16.3. The van der Waals surface area contributed by atoms with E-state index in [0.717, 1.165) is 37.2 Å². The van der Waals surface area contributed by atoms with Gasteiger partial charge >= 0.3 is 0 Å². The van der Waals surface area contributed by atoms with Crippen molar-refractivity contribution in [3.05, 3.63) is 29.8 Å². The molecule has 0 spiro atoms. The Morgan fingerprint density at radius 1 is 0.880 bits per heavy atom. The molecule has 4 heteroatoms. The summed E-state index contributed by atoms with van der Waals surface area (Å²) in [7, 11) is 1.76. The van der Waals surface area contributed by atoms with E-state index in [1.807, 2.05) is 6.07 Å². The summed E-state index contributed by atoms with van der Waals surface area (Å²) in [6.45, 7) is 15.5. The normalized spacial score (nSPS) is 26.7. The maximum atomic E-state index is 5.49. The number of ether oxygens (including phenoxy) is 1. The molecule has 1 aromatic rings. The molecule has 3 rings (SSSR count). The van der Waals surface area contributed by atoms with E-state index in [1.165, 1.54) is 51.3 Å². The highest BCUT2D eigenvalue weighted by Crippen LogP contribution is 2.21. The topological polar surface area (TPSA) is 19.0 Å². The molecule has 0 saturated carbocycles. The van der Waals surface area contributed by atoms with Crippen molar-refractivity contribution in [3.8, 4) is 5.75 Å². The number of hydrogen-bond donors (Lipinski definition) is 0. The fourth-order valence-corrected chi connectivity index (χ4v) is 4.50. The Hall–Kier alpha value is -1.10. The van der Waals surface area contributed by atoms with Gasteiger partial charge in [-0.25, -0.2) is 0 Å². The van der Waals surface area contributed by atoms with E-state index in [4.69, 9.17) is 4.74 Å². The molecule has 2 atom stereocenters. The number of benzene rings is 1. The van der Waals surface area contributed by atoms with Crippen molar-refractivity contribution in [1.82, 2.24) is 14.7 Å². The zero-order chi connectivity index (χ0) is 17.6. The van der Waals surface area contributed by atoms with E-state index in [9.17, 15) is 0 Å². The van der Waals surface area contributed by atoms with Crippen LogP contribution in [-0.2, 0) is 6.54 Å². The minimum atomic E-state index is 0.862. The van der Waals surface area contributed by atoms with Crippen LogP contribution in [0.1, 0.15) is 25.8 Å². The second kappa shape index (κ2) is 9.02. The van der Waals surface area contributed by atoms with Crippen molar-refractivity contribution < 1.29 is 4.74 Å². The summed E-state index contributed by atoms with van der Waals surface area (Å²) in [6, 6.07) is 8.40.